The Morgan fingerprint density at radius 1 is 1.03 bits per heavy atom. The number of amides is 1. The number of methoxy groups -OCH3 is 1. The normalized spacial score (nSPS) is 11.0. The number of benzene rings is 2. The predicted octanol–water partition coefficient (Wildman–Crippen LogP) is 4.38. The lowest BCUT2D eigenvalue weighted by molar-refractivity contribution is -0.111. The summed E-state index contributed by atoms with van der Waals surface area (Å²) < 4.78 is 38.5. The van der Waals surface area contributed by atoms with Crippen molar-refractivity contribution >= 4 is 45.9 Å². The minimum Gasteiger partial charge on any atom is -0.493 e. The van der Waals surface area contributed by atoms with Crippen molar-refractivity contribution in [1.82, 2.24) is 9.97 Å². The van der Waals surface area contributed by atoms with Gasteiger partial charge in [-0.25, -0.2) is 18.4 Å². The van der Waals surface area contributed by atoms with E-state index in [1.807, 2.05) is 13.0 Å². The van der Waals surface area contributed by atoms with Crippen LogP contribution in [0.1, 0.15) is 24.0 Å². The van der Waals surface area contributed by atoms with Gasteiger partial charge in [0.25, 0.3) is 10.0 Å². The lowest BCUT2D eigenvalue weighted by Gasteiger charge is -2.10. The molecule has 0 saturated carbocycles. The summed E-state index contributed by atoms with van der Waals surface area (Å²) in [6, 6.07) is 12.7. The molecule has 1 aromatic heterocycles. The second kappa shape index (κ2) is 12.2. The number of nitrogens with zero attached hydrogens (tertiary/aromatic N) is 2. The second-order valence-electron chi connectivity index (χ2n) is 7.24. The largest absolute Gasteiger partial charge is 0.493 e. The van der Waals surface area contributed by atoms with Crippen molar-refractivity contribution in [2.75, 3.05) is 23.8 Å². The summed E-state index contributed by atoms with van der Waals surface area (Å²) in [5.74, 6) is 1.49. The standard InChI is InChI=1S/C24H26N4O5S.ClH/c1-5-33-21-12-6-18(15-22(21)32-4)7-13-24(29)27-19-8-10-20(11-9-19)34(30,31)28-23-14-16(2)25-17(3)26-23;/h6-15H,5H2,1-4H3,(H,27,29)(H,25,26,28);1H/b13-7+;. The molecule has 1 heterocycles. The SMILES string of the molecule is CCOc1ccc(/C=C/C(=O)Nc2ccc(S(=O)(=O)Nc3cc(C)nc(C)n3)cc2)cc1OC.Cl. The first-order chi connectivity index (χ1) is 16.2. The van der Waals surface area contributed by atoms with Crippen molar-refractivity contribution in [3.05, 3.63) is 71.7 Å². The number of anilines is 2. The van der Waals surface area contributed by atoms with E-state index in [2.05, 4.69) is 20.0 Å². The fraction of sp³-hybridized carbons (Fsp3) is 0.208. The van der Waals surface area contributed by atoms with Crippen LogP contribution in [-0.2, 0) is 14.8 Å². The number of carbonyl (C=O) groups excluding carboxylic acids is 1. The summed E-state index contributed by atoms with van der Waals surface area (Å²) >= 11 is 0. The third kappa shape index (κ3) is 7.69. The van der Waals surface area contributed by atoms with E-state index in [4.69, 9.17) is 9.47 Å². The third-order valence-electron chi connectivity index (χ3n) is 4.55. The zero-order valence-electron chi connectivity index (χ0n) is 19.7. The maximum atomic E-state index is 12.6. The molecule has 0 bridgehead atoms. The fourth-order valence-corrected chi connectivity index (χ4v) is 4.09. The van der Waals surface area contributed by atoms with Crippen molar-refractivity contribution in [3.63, 3.8) is 0 Å². The molecule has 0 aliphatic heterocycles. The molecule has 9 nitrogen and oxygen atoms in total. The Labute approximate surface area is 211 Å². The van der Waals surface area contributed by atoms with Crippen molar-refractivity contribution < 1.29 is 22.7 Å². The number of ether oxygens (including phenoxy) is 2. The number of carbonyl (C=O) groups is 1. The van der Waals surface area contributed by atoms with Gasteiger partial charge in [0.1, 0.15) is 11.6 Å². The van der Waals surface area contributed by atoms with E-state index in [1.165, 1.54) is 30.3 Å². The van der Waals surface area contributed by atoms with Crippen molar-refractivity contribution in [3.8, 4) is 11.5 Å². The predicted molar refractivity (Wildman–Crippen MR) is 138 cm³/mol. The number of halogens is 1. The zero-order chi connectivity index (χ0) is 24.7. The zero-order valence-corrected chi connectivity index (χ0v) is 21.4. The topological polar surface area (TPSA) is 120 Å². The molecule has 3 rings (SSSR count). The van der Waals surface area contributed by atoms with Gasteiger partial charge in [-0.1, -0.05) is 6.07 Å². The molecule has 0 radical (unpaired) electrons. The van der Waals surface area contributed by atoms with Gasteiger partial charge in [0.05, 0.1) is 18.6 Å². The Hall–Kier alpha value is -3.63. The second-order valence-corrected chi connectivity index (χ2v) is 8.92. The Bertz CT molecular complexity index is 1290. The van der Waals surface area contributed by atoms with E-state index >= 15 is 0 Å². The van der Waals surface area contributed by atoms with Gasteiger partial charge in [-0.3, -0.25) is 9.52 Å². The molecule has 11 heteroatoms. The van der Waals surface area contributed by atoms with Gasteiger partial charge in [-0.15, -0.1) is 12.4 Å². The molecule has 2 N–H and O–H groups in total. The van der Waals surface area contributed by atoms with E-state index in [0.29, 0.717) is 35.3 Å². The number of aryl methyl sites for hydroxylation is 2. The van der Waals surface area contributed by atoms with Crippen LogP contribution in [0.15, 0.2) is 59.5 Å². The van der Waals surface area contributed by atoms with E-state index < -0.39 is 10.0 Å². The molecule has 0 saturated heterocycles. The minimum atomic E-state index is -3.84. The molecule has 0 aliphatic rings. The fourth-order valence-electron chi connectivity index (χ4n) is 3.10. The van der Waals surface area contributed by atoms with E-state index in [-0.39, 0.29) is 29.0 Å². The number of rotatable bonds is 9. The number of nitrogens with one attached hydrogen (secondary N) is 2. The summed E-state index contributed by atoms with van der Waals surface area (Å²) in [5, 5.41) is 2.70. The van der Waals surface area contributed by atoms with Crippen LogP contribution < -0.4 is 19.5 Å². The summed E-state index contributed by atoms with van der Waals surface area (Å²) in [6.07, 6.45) is 3.02. The molecule has 0 fully saturated rings. The number of hydrogen-bond acceptors (Lipinski definition) is 7. The highest BCUT2D eigenvalue weighted by atomic mass is 35.5. The van der Waals surface area contributed by atoms with Crippen LogP contribution >= 0.6 is 12.4 Å². The van der Waals surface area contributed by atoms with Gasteiger partial charge in [-0.05, 0) is 68.8 Å². The maximum absolute atomic E-state index is 12.6. The first kappa shape index (κ1) is 27.6. The molecule has 0 unspecified atom stereocenters. The lowest BCUT2D eigenvalue weighted by Crippen LogP contribution is -2.15. The number of aromatic nitrogens is 2. The molecule has 1 amide bonds. The van der Waals surface area contributed by atoms with E-state index in [9.17, 15) is 13.2 Å². The minimum absolute atomic E-state index is 0. The molecule has 0 spiro atoms. The first-order valence-electron chi connectivity index (χ1n) is 10.4. The Balaban J connectivity index is 0.00000432. The smallest absolute Gasteiger partial charge is 0.263 e. The average molecular weight is 519 g/mol. The van der Waals surface area contributed by atoms with Gasteiger partial charge in [-0.2, -0.15) is 0 Å². The molecular formula is C24H27ClN4O5S. The van der Waals surface area contributed by atoms with Gasteiger partial charge >= 0.3 is 0 Å². The first-order valence-corrected chi connectivity index (χ1v) is 11.9. The maximum Gasteiger partial charge on any atom is 0.263 e. The van der Waals surface area contributed by atoms with Crippen molar-refractivity contribution in [2.24, 2.45) is 0 Å². The van der Waals surface area contributed by atoms with Crippen LogP contribution in [0, 0.1) is 13.8 Å². The third-order valence-corrected chi connectivity index (χ3v) is 5.92. The van der Waals surface area contributed by atoms with Crippen LogP contribution in [0.2, 0.25) is 0 Å². The van der Waals surface area contributed by atoms with Crippen LogP contribution in [-0.4, -0.2) is 38.0 Å². The highest BCUT2D eigenvalue weighted by molar-refractivity contribution is 7.92. The Kier molecular flexibility index (Phi) is 9.61. The van der Waals surface area contributed by atoms with Gasteiger partial charge < -0.3 is 14.8 Å². The highest BCUT2D eigenvalue weighted by Gasteiger charge is 2.15. The number of sulfonamides is 1. The molecule has 2 aromatic carbocycles. The molecule has 35 heavy (non-hydrogen) atoms. The molecular weight excluding hydrogens is 492 g/mol. The van der Waals surface area contributed by atoms with Crippen LogP contribution in [0.3, 0.4) is 0 Å². The monoisotopic (exact) mass is 518 g/mol. The average Bonchev–Trinajstić information content (AvgIpc) is 2.78. The summed E-state index contributed by atoms with van der Waals surface area (Å²) in [5.41, 5.74) is 1.87. The molecule has 0 atom stereocenters. The highest BCUT2D eigenvalue weighted by Crippen LogP contribution is 2.28. The molecule has 186 valence electrons. The van der Waals surface area contributed by atoms with Gasteiger partial charge in [0, 0.05) is 23.5 Å². The van der Waals surface area contributed by atoms with Crippen LogP contribution in [0.5, 0.6) is 11.5 Å². The number of hydrogen-bond donors (Lipinski definition) is 2. The lowest BCUT2D eigenvalue weighted by atomic mass is 10.2. The van der Waals surface area contributed by atoms with Crippen LogP contribution in [0.25, 0.3) is 6.08 Å². The van der Waals surface area contributed by atoms with Crippen molar-refractivity contribution in [2.45, 2.75) is 25.7 Å². The summed E-state index contributed by atoms with van der Waals surface area (Å²) in [7, 11) is -2.29. The Morgan fingerprint density at radius 3 is 2.37 bits per heavy atom. The summed E-state index contributed by atoms with van der Waals surface area (Å²) in [4.78, 5) is 20.6. The quantitative estimate of drug-likeness (QED) is 0.403. The van der Waals surface area contributed by atoms with Gasteiger partial charge in [0.15, 0.2) is 11.5 Å². The molecule has 3 aromatic rings. The summed E-state index contributed by atoms with van der Waals surface area (Å²) in [6.45, 7) is 5.84. The molecule has 0 aliphatic carbocycles. The van der Waals surface area contributed by atoms with E-state index in [1.54, 1.807) is 45.2 Å². The van der Waals surface area contributed by atoms with Crippen LogP contribution in [0.4, 0.5) is 11.5 Å². The Morgan fingerprint density at radius 2 is 1.74 bits per heavy atom. The van der Waals surface area contributed by atoms with E-state index in [0.717, 1.165) is 5.56 Å². The van der Waals surface area contributed by atoms with Crippen molar-refractivity contribution in [1.29, 1.82) is 0 Å². The van der Waals surface area contributed by atoms with Gasteiger partial charge in [0.2, 0.25) is 5.91 Å².